The van der Waals surface area contributed by atoms with Gasteiger partial charge in [-0.2, -0.15) is 18.3 Å². The number of ether oxygens (including phenoxy) is 3. The van der Waals surface area contributed by atoms with E-state index in [0.717, 1.165) is 5.69 Å². The summed E-state index contributed by atoms with van der Waals surface area (Å²) in [6, 6.07) is 20.1. The molecular weight excluding hydrogens is 475 g/mol. The third-order valence-electron chi connectivity index (χ3n) is 5.16. The molecule has 0 aliphatic rings. The molecular formula is C26H22F3N3O4. The third kappa shape index (κ3) is 5.77. The molecule has 10 heteroatoms. The Hall–Kier alpha value is -4.47. The fourth-order valence-corrected chi connectivity index (χ4v) is 3.45. The van der Waals surface area contributed by atoms with E-state index in [1.54, 1.807) is 29.1 Å². The van der Waals surface area contributed by atoms with Gasteiger partial charge < -0.3 is 19.5 Å². The van der Waals surface area contributed by atoms with Gasteiger partial charge in [0.15, 0.2) is 6.61 Å². The van der Waals surface area contributed by atoms with Crippen molar-refractivity contribution in [2.45, 2.75) is 6.18 Å². The zero-order valence-electron chi connectivity index (χ0n) is 19.4. The number of aromatic nitrogens is 2. The van der Waals surface area contributed by atoms with Crippen LogP contribution in [-0.4, -0.2) is 42.7 Å². The van der Waals surface area contributed by atoms with Gasteiger partial charge in [0.05, 0.1) is 25.5 Å². The van der Waals surface area contributed by atoms with E-state index in [2.05, 4.69) is 10.4 Å². The second kappa shape index (κ2) is 10.4. The second-order valence-corrected chi connectivity index (χ2v) is 7.62. The Morgan fingerprint density at radius 2 is 1.64 bits per heavy atom. The molecule has 3 aromatic carbocycles. The molecule has 186 valence electrons. The van der Waals surface area contributed by atoms with Gasteiger partial charge in [-0.1, -0.05) is 18.2 Å². The predicted octanol–water partition coefficient (Wildman–Crippen LogP) is 5.75. The van der Waals surface area contributed by atoms with Crippen molar-refractivity contribution in [3.63, 3.8) is 0 Å². The van der Waals surface area contributed by atoms with E-state index in [4.69, 9.17) is 14.2 Å². The van der Waals surface area contributed by atoms with Gasteiger partial charge in [0, 0.05) is 17.4 Å². The maximum Gasteiger partial charge on any atom is 0.422 e. The number of methoxy groups -OCH3 is 2. The van der Waals surface area contributed by atoms with Crippen LogP contribution in [0, 0.1) is 0 Å². The number of carbonyl (C=O) groups excluding carboxylic acids is 1. The number of amides is 1. The molecule has 1 amide bonds. The number of hydrogen-bond donors (Lipinski definition) is 1. The van der Waals surface area contributed by atoms with Crippen LogP contribution in [0.25, 0.3) is 16.9 Å². The van der Waals surface area contributed by atoms with E-state index in [-0.39, 0.29) is 11.3 Å². The molecule has 36 heavy (non-hydrogen) atoms. The minimum atomic E-state index is -4.44. The number of benzene rings is 3. The number of nitrogens with one attached hydrogen (secondary N) is 1. The van der Waals surface area contributed by atoms with Crippen molar-refractivity contribution in [1.82, 2.24) is 9.78 Å². The standard InChI is InChI=1S/C26H22F3N3O4/c1-34-20-12-13-23(35-2)21(14-20)24-22(15-32(31-24)18-6-4-3-5-7-18)25(33)30-17-8-10-19(11-9-17)36-16-26(27,28)29/h3-15H,16H2,1-2H3,(H,30,33). The zero-order chi connectivity index (χ0) is 25.7. The van der Waals surface area contributed by atoms with Crippen LogP contribution in [0.3, 0.4) is 0 Å². The van der Waals surface area contributed by atoms with Gasteiger partial charge in [-0.15, -0.1) is 0 Å². The van der Waals surface area contributed by atoms with Gasteiger partial charge in [-0.3, -0.25) is 4.79 Å². The predicted molar refractivity (Wildman–Crippen MR) is 128 cm³/mol. The van der Waals surface area contributed by atoms with Crippen LogP contribution in [0.15, 0.2) is 79.0 Å². The average Bonchev–Trinajstić information content (AvgIpc) is 3.33. The van der Waals surface area contributed by atoms with Crippen molar-refractivity contribution in [2.75, 3.05) is 26.1 Å². The molecule has 4 rings (SSSR count). The lowest BCUT2D eigenvalue weighted by atomic mass is 10.1. The van der Waals surface area contributed by atoms with Gasteiger partial charge in [0.1, 0.15) is 22.9 Å². The minimum absolute atomic E-state index is 0.0315. The van der Waals surface area contributed by atoms with E-state index in [0.29, 0.717) is 28.4 Å². The lowest BCUT2D eigenvalue weighted by Crippen LogP contribution is -2.19. The Bertz CT molecular complexity index is 1340. The number of anilines is 1. The first-order chi connectivity index (χ1) is 17.3. The summed E-state index contributed by atoms with van der Waals surface area (Å²) in [5.74, 6) is 0.611. The molecule has 7 nitrogen and oxygen atoms in total. The Morgan fingerprint density at radius 1 is 0.944 bits per heavy atom. The molecule has 1 N–H and O–H groups in total. The maximum absolute atomic E-state index is 13.3. The van der Waals surface area contributed by atoms with E-state index >= 15 is 0 Å². The van der Waals surface area contributed by atoms with Crippen LogP contribution in [0.5, 0.6) is 17.2 Å². The summed E-state index contributed by atoms with van der Waals surface area (Å²) in [5, 5.41) is 7.41. The molecule has 1 heterocycles. The smallest absolute Gasteiger partial charge is 0.422 e. The molecule has 0 bridgehead atoms. The summed E-state index contributed by atoms with van der Waals surface area (Å²) < 4.78 is 54.3. The van der Waals surface area contributed by atoms with E-state index < -0.39 is 18.7 Å². The Morgan fingerprint density at radius 3 is 2.28 bits per heavy atom. The van der Waals surface area contributed by atoms with Crippen LogP contribution >= 0.6 is 0 Å². The summed E-state index contributed by atoms with van der Waals surface area (Å²) in [6.07, 6.45) is -2.84. The Kier molecular flexibility index (Phi) is 7.14. The van der Waals surface area contributed by atoms with Gasteiger partial charge in [0.2, 0.25) is 0 Å². The quantitative estimate of drug-likeness (QED) is 0.336. The van der Waals surface area contributed by atoms with Gasteiger partial charge in [-0.05, 0) is 54.6 Å². The van der Waals surface area contributed by atoms with Crippen molar-refractivity contribution in [3.8, 4) is 34.2 Å². The summed E-state index contributed by atoms with van der Waals surface area (Å²) >= 11 is 0. The first-order valence-electron chi connectivity index (χ1n) is 10.8. The molecule has 0 aliphatic heterocycles. The van der Waals surface area contributed by atoms with E-state index in [1.165, 1.54) is 38.5 Å². The first-order valence-corrected chi connectivity index (χ1v) is 10.8. The highest BCUT2D eigenvalue weighted by molar-refractivity contribution is 6.08. The highest BCUT2D eigenvalue weighted by atomic mass is 19.4. The highest BCUT2D eigenvalue weighted by Crippen LogP contribution is 2.35. The fourth-order valence-electron chi connectivity index (χ4n) is 3.45. The van der Waals surface area contributed by atoms with E-state index in [1.807, 2.05) is 30.3 Å². The molecule has 0 spiro atoms. The molecule has 0 saturated heterocycles. The number of rotatable bonds is 8. The highest BCUT2D eigenvalue weighted by Gasteiger charge is 2.28. The first kappa shape index (κ1) is 24.6. The number of carbonyl (C=O) groups is 1. The summed E-state index contributed by atoms with van der Waals surface area (Å²) in [5.41, 5.74) is 2.27. The Balaban J connectivity index is 1.67. The second-order valence-electron chi connectivity index (χ2n) is 7.62. The molecule has 0 radical (unpaired) electrons. The van der Waals surface area contributed by atoms with E-state index in [9.17, 15) is 18.0 Å². The van der Waals surface area contributed by atoms with Gasteiger partial charge in [0.25, 0.3) is 5.91 Å². The third-order valence-corrected chi connectivity index (χ3v) is 5.16. The molecule has 4 aromatic rings. The lowest BCUT2D eigenvalue weighted by Gasteiger charge is -2.11. The lowest BCUT2D eigenvalue weighted by molar-refractivity contribution is -0.153. The van der Waals surface area contributed by atoms with Gasteiger partial charge in [-0.25, -0.2) is 4.68 Å². The number of hydrogen-bond acceptors (Lipinski definition) is 5. The van der Waals surface area contributed by atoms with Crippen LogP contribution in [0.1, 0.15) is 10.4 Å². The maximum atomic E-state index is 13.3. The summed E-state index contributed by atoms with van der Waals surface area (Å²) in [4.78, 5) is 13.3. The number of nitrogens with zero attached hydrogens (tertiary/aromatic N) is 2. The van der Waals surface area contributed by atoms with Crippen LogP contribution in [0.4, 0.5) is 18.9 Å². The average molecular weight is 497 g/mol. The Labute approximate surface area is 205 Å². The normalized spacial score (nSPS) is 11.1. The molecule has 0 aliphatic carbocycles. The van der Waals surface area contributed by atoms with Crippen molar-refractivity contribution in [2.24, 2.45) is 0 Å². The van der Waals surface area contributed by atoms with Crippen molar-refractivity contribution in [1.29, 1.82) is 0 Å². The zero-order valence-corrected chi connectivity index (χ0v) is 19.4. The van der Waals surface area contributed by atoms with Crippen LogP contribution < -0.4 is 19.5 Å². The molecule has 1 aromatic heterocycles. The summed E-state index contributed by atoms with van der Waals surface area (Å²) in [6.45, 7) is -1.40. The van der Waals surface area contributed by atoms with Crippen LogP contribution in [-0.2, 0) is 0 Å². The van der Waals surface area contributed by atoms with Crippen molar-refractivity contribution >= 4 is 11.6 Å². The topological polar surface area (TPSA) is 74.6 Å². The molecule has 0 saturated carbocycles. The molecule has 0 unspecified atom stereocenters. The van der Waals surface area contributed by atoms with Gasteiger partial charge >= 0.3 is 6.18 Å². The minimum Gasteiger partial charge on any atom is -0.497 e. The monoisotopic (exact) mass is 497 g/mol. The fraction of sp³-hybridized carbons (Fsp3) is 0.154. The van der Waals surface area contributed by atoms with Crippen molar-refractivity contribution < 1.29 is 32.2 Å². The SMILES string of the molecule is COc1ccc(OC)c(-c2nn(-c3ccccc3)cc2C(=O)Nc2ccc(OCC(F)(F)F)cc2)c1. The molecule has 0 atom stereocenters. The summed E-state index contributed by atoms with van der Waals surface area (Å²) in [7, 11) is 3.05. The van der Waals surface area contributed by atoms with Crippen molar-refractivity contribution in [3.05, 3.63) is 84.6 Å². The van der Waals surface area contributed by atoms with Crippen LogP contribution in [0.2, 0.25) is 0 Å². The number of alkyl halides is 3. The largest absolute Gasteiger partial charge is 0.497 e. The number of halogens is 3. The number of para-hydroxylation sites is 1. The molecule has 0 fully saturated rings.